The van der Waals surface area contributed by atoms with Gasteiger partial charge in [-0.05, 0) is 31.1 Å². The molecule has 1 atom stereocenters. The van der Waals surface area contributed by atoms with E-state index in [1.165, 1.54) is 44.3 Å². The van der Waals surface area contributed by atoms with Crippen molar-refractivity contribution in [1.82, 2.24) is 20.1 Å². The van der Waals surface area contributed by atoms with Crippen LogP contribution in [0.3, 0.4) is 0 Å². The summed E-state index contributed by atoms with van der Waals surface area (Å²) >= 11 is 0. The van der Waals surface area contributed by atoms with Crippen molar-refractivity contribution in [3.63, 3.8) is 0 Å². The monoisotopic (exact) mass is 262 g/mol. The van der Waals surface area contributed by atoms with Crippen molar-refractivity contribution in [3.8, 4) is 0 Å². The van der Waals surface area contributed by atoms with Gasteiger partial charge in [0.2, 0.25) is 0 Å². The molecule has 4 heteroatoms. The minimum atomic E-state index is 0.420. The van der Waals surface area contributed by atoms with Crippen LogP contribution in [0.4, 0.5) is 0 Å². The molecular formula is C15H26N4. The van der Waals surface area contributed by atoms with Gasteiger partial charge in [0, 0.05) is 19.0 Å². The van der Waals surface area contributed by atoms with Crippen molar-refractivity contribution >= 4 is 0 Å². The highest BCUT2D eigenvalue weighted by Gasteiger charge is 2.32. The maximum atomic E-state index is 4.38. The van der Waals surface area contributed by atoms with E-state index in [0.717, 1.165) is 25.3 Å². The van der Waals surface area contributed by atoms with E-state index >= 15 is 0 Å². The summed E-state index contributed by atoms with van der Waals surface area (Å²) in [6, 6.07) is 0.623. The zero-order valence-electron chi connectivity index (χ0n) is 12.3. The van der Waals surface area contributed by atoms with Crippen molar-refractivity contribution in [2.75, 3.05) is 0 Å². The van der Waals surface area contributed by atoms with Gasteiger partial charge in [0.1, 0.15) is 11.6 Å². The van der Waals surface area contributed by atoms with Crippen molar-refractivity contribution < 1.29 is 0 Å². The van der Waals surface area contributed by atoms with Crippen LogP contribution in [0, 0.1) is 5.41 Å². The van der Waals surface area contributed by atoms with Gasteiger partial charge in [-0.25, -0.2) is 0 Å². The standard InChI is InChI=1S/C15H26N4/c1-15(2)9-5-3-7-12(15)16-11-14-18-17-13-8-4-6-10-19(13)14/h12,16H,3-11H2,1-2H3. The number of aromatic nitrogens is 3. The van der Waals surface area contributed by atoms with Gasteiger partial charge in [0.25, 0.3) is 0 Å². The predicted octanol–water partition coefficient (Wildman–Crippen LogP) is 2.67. The molecule has 1 aliphatic heterocycles. The fourth-order valence-electron chi connectivity index (χ4n) is 3.59. The summed E-state index contributed by atoms with van der Waals surface area (Å²) < 4.78 is 2.33. The van der Waals surface area contributed by atoms with Crippen LogP contribution in [0.2, 0.25) is 0 Å². The molecule has 0 bridgehead atoms. The number of hydrogen-bond acceptors (Lipinski definition) is 3. The average molecular weight is 262 g/mol. The molecule has 0 saturated heterocycles. The molecule has 0 aromatic carbocycles. The molecule has 0 radical (unpaired) electrons. The second-order valence-electron chi connectivity index (χ2n) is 6.81. The summed E-state index contributed by atoms with van der Waals surface area (Å²) in [5, 5.41) is 12.5. The Balaban J connectivity index is 1.64. The van der Waals surface area contributed by atoms with Crippen LogP contribution in [0.15, 0.2) is 0 Å². The molecule has 106 valence electrons. The normalized spacial score (nSPS) is 26.1. The first-order valence-corrected chi connectivity index (χ1v) is 7.81. The first-order chi connectivity index (χ1) is 9.17. The second-order valence-corrected chi connectivity index (χ2v) is 6.81. The lowest BCUT2D eigenvalue weighted by Crippen LogP contribution is -2.44. The minimum Gasteiger partial charge on any atom is -0.314 e. The number of rotatable bonds is 3. The third kappa shape index (κ3) is 2.69. The fourth-order valence-corrected chi connectivity index (χ4v) is 3.59. The van der Waals surface area contributed by atoms with E-state index in [0.29, 0.717) is 11.5 Å². The summed E-state index contributed by atoms with van der Waals surface area (Å²) in [6.45, 7) is 6.76. The van der Waals surface area contributed by atoms with E-state index in [2.05, 4.69) is 33.9 Å². The van der Waals surface area contributed by atoms with Crippen molar-refractivity contribution in [3.05, 3.63) is 11.6 Å². The zero-order valence-corrected chi connectivity index (χ0v) is 12.3. The molecule has 2 aliphatic rings. The molecule has 1 aliphatic carbocycles. The topological polar surface area (TPSA) is 42.7 Å². The van der Waals surface area contributed by atoms with E-state index in [9.17, 15) is 0 Å². The van der Waals surface area contributed by atoms with E-state index in [1.807, 2.05) is 0 Å². The third-order valence-electron chi connectivity index (χ3n) is 4.95. The number of nitrogens with zero attached hydrogens (tertiary/aromatic N) is 3. The zero-order chi connectivity index (χ0) is 13.3. The Morgan fingerprint density at radius 2 is 2.11 bits per heavy atom. The highest BCUT2D eigenvalue weighted by molar-refractivity contribution is 4.99. The number of fused-ring (bicyclic) bond motifs is 1. The van der Waals surface area contributed by atoms with Gasteiger partial charge in [-0.3, -0.25) is 0 Å². The van der Waals surface area contributed by atoms with E-state index in [1.54, 1.807) is 0 Å². The molecule has 1 fully saturated rings. The Morgan fingerprint density at radius 1 is 1.21 bits per heavy atom. The lowest BCUT2D eigenvalue weighted by atomic mass is 9.73. The molecule has 4 nitrogen and oxygen atoms in total. The Kier molecular flexibility index (Phi) is 3.61. The summed E-state index contributed by atoms with van der Waals surface area (Å²) in [5.74, 6) is 2.32. The third-order valence-corrected chi connectivity index (χ3v) is 4.95. The van der Waals surface area contributed by atoms with Crippen LogP contribution in [0.25, 0.3) is 0 Å². The van der Waals surface area contributed by atoms with Gasteiger partial charge in [0.15, 0.2) is 0 Å². The molecule has 3 rings (SSSR count). The molecule has 1 aromatic rings. The molecule has 1 aromatic heterocycles. The quantitative estimate of drug-likeness (QED) is 0.910. The molecule has 1 saturated carbocycles. The maximum absolute atomic E-state index is 4.38. The molecule has 1 unspecified atom stereocenters. The van der Waals surface area contributed by atoms with Crippen LogP contribution in [0.5, 0.6) is 0 Å². The van der Waals surface area contributed by atoms with Gasteiger partial charge in [-0.15, -0.1) is 10.2 Å². The smallest absolute Gasteiger partial charge is 0.147 e. The summed E-state index contributed by atoms with van der Waals surface area (Å²) in [5.41, 5.74) is 0.420. The molecule has 2 heterocycles. The lowest BCUT2D eigenvalue weighted by molar-refractivity contribution is 0.165. The van der Waals surface area contributed by atoms with Gasteiger partial charge in [-0.2, -0.15) is 0 Å². The predicted molar refractivity (Wildman–Crippen MR) is 75.8 cm³/mol. The van der Waals surface area contributed by atoms with Crippen LogP contribution >= 0.6 is 0 Å². The van der Waals surface area contributed by atoms with Gasteiger partial charge < -0.3 is 9.88 Å². The Hall–Kier alpha value is -0.900. The van der Waals surface area contributed by atoms with E-state index in [-0.39, 0.29) is 0 Å². The highest BCUT2D eigenvalue weighted by atomic mass is 15.3. The first-order valence-electron chi connectivity index (χ1n) is 7.81. The number of nitrogens with one attached hydrogen (secondary N) is 1. The fraction of sp³-hybridized carbons (Fsp3) is 0.867. The second kappa shape index (κ2) is 5.23. The van der Waals surface area contributed by atoms with E-state index in [4.69, 9.17) is 0 Å². The number of hydrogen-bond donors (Lipinski definition) is 1. The molecule has 0 amide bonds. The summed E-state index contributed by atoms with van der Waals surface area (Å²) in [7, 11) is 0. The van der Waals surface area contributed by atoms with Crippen LogP contribution in [-0.4, -0.2) is 20.8 Å². The Bertz CT molecular complexity index is 435. The average Bonchev–Trinajstić information content (AvgIpc) is 2.80. The van der Waals surface area contributed by atoms with Crippen molar-refractivity contribution in [2.24, 2.45) is 5.41 Å². The van der Waals surface area contributed by atoms with Crippen LogP contribution in [0.1, 0.15) is 64.0 Å². The van der Waals surface area contributed by atoms with Crippen molar-refractivity contribution in [2.45, 2.75) is 77.9 Å². The molecule has 0 spiro atoms. The maximum Gasteiger partial charge on any atom is 0.147 e. The Morgan fingerprint density at radius 3 is 2.95 bits per heavy atom. The molecule has 1 N–H and O–H groups in total. The van der Waals surface area contributed by atoms with Gasteiger partial charge >= 0.3 is 0 Å². The summed E-state index contributed by atoms with van der Waals surface area (Å²) in [6.07, 6.45) is 9.01. The largest absolute Gasteiger partial charge is 0.314 e. The lowest BCUT2D eigenvalue weighted by Gasteiger charge is -2.39. The number of aryl methyl sites for hydroxylation is 1. The van der Waals surface area contributed by atoms with Crippen LogP contribution < -0.4 is 5.32 Å². The van der Waals surface area contributed by atoms with Gasteiger partial charge in [0.05, 0.1) is 6.54 Å². The minimum absolute atomic E-state index is 0.420. The van der Waals surface area contributed by atoms with E-state index < -0.39 is 0 Å². The first kappa shape index (κ1) is 13.1. The Labute approximate surface area is 116 Å². The SMILES string of the molecule is CC1(C)CCCCC1NCc1nnc2n1CCCC2. The highest BCUT2D eigenvalue weighted by Crippen LogP contribution is 2.35. The summed E-state index contributed by atoms with van der Waals surface area (Å²) in [4.78, 5) is 0. The molecule has 19 heavy (non-hydrogen) atoms. The van der Waals surface area contributed by atoms with Crippen molar-refractivity contribution in [1.29, 1.82) is 0 Å². The van der Waals surface area contributed by atoms with Crippen LogP contribution in [-0.2, 0) is 19.5 Å². The molecular weight excluding hydrogens is 236 g/mol. The van der Waals surface area contributed by atoms with Gasteiger partial charge in [-0.1, -0.05) is 26.7 Å².